The van der Waals surface area contributed by atoms with Crippen molar-refractivity contribution in [3.63, 3.8) is 0 Å². The van der Waals surface area contributed by atoms with Gasteiger partial charge in [0.15, 0.2) is 0 Å². The number of hydrogen-bond acceptors (Lipinski definition) is 3. The maximum Gasteiger partial charge on any atom is 0.306 e. The van der Waals surface area contributed by atoms with Crippen LogP contribution in [0.4, 0.5) is 0 Å². The van der Waals surface area contributed by atoms with Crippen LogP contribution < -0.4 is 0 Å². The summed E-state index contributed by atoms with van der Waals surface area (Å²) in [4.78, 5) is 24.8. The quantitative estimate of drug-likeness (QED) is 0.729. The van der Waals surface area contributed by atoms with Gasteiger partial charge in [-0.3, -0.25) is 9.59 Å². The fourth-order valence-corrected chi connectivity index (χ4v) is 3.20. The molecule has 4 heteroatoms. The van der Waals surface area contributed by atoms with E-state index in [2.05, 4.69) is 20.8 Å². The molecule has 1 rings (SSSR count). The van der Waals surface area contributed by atoms with E-state index in [4.69, 9.17) is 4.74 Å². The molecule has 0 heterocycles. The maximum absolute atomic E-state index is 11.8. The van der Waals surface area contributed by atoms with Crippen molar-refractivity contribution in [1.29, 1.82) is 0 Å². The normalized spacial score (nSPS) is 25.1. The lowest BCUT2D eigenvalue weighted by atomic mass is 9.71. The van der Waals surface area contributed by atoms with Crippen molar-refractivity contribution >= 4 is 11.9 Å². The van der Waals surface area contributed by atoms with Gasteiger partial charge in [-0.25, -0.2) is 0 Å². The summed E-state index contributed by atoms with van der Waals surface area (Å²) < 4.78 is 5.58. The van der Waals surface area contributed by atoms with Crippen molar-refractivity contribution in [2.75, 3.05) is 14.1 Å². The first-order chi connectivity index (χ1) is 9.19. The Labute approximate surface area is 122 Å². The predicted molar refractivity (Wildman–Crippen MR) is 79.2 cm³/mol. The number of carbonyl (C=O) groups is 2. The van der Waals surface area contributed by atoms with Gasteiger partial charge >= 0.3 is 5.97 Å². The smallest absolute Gasteiger partial charge is 0.306 e. The summed E-state index contributed by atoms with van der Waals surface area (Å²) >= 11 is 0. The van der Waals surface area contributed by atoms with E-state index in [0.29, 0.717) is 25.2 Å². The minimum atomic E-state index is -0.161. The van der Waals surface area contributed by atoms with Crippen molar-refractivity contribution in [3.8, 4) is 0 Å². The van der Waals surface area contributed by atoms with Crippen LogP contribution in [0, 0.1) is 11.3 Å². The Morgan fingerprint density at radius 2 is 1.85 bits per heavy atom. The summed E-state index contributed by atoms with van der Waals surface area (Å²) in [6, 6.07) is 0. The molecule has 4 nitrogen and oxygen atoms in total. The number of nitrogens with zero attached hydrogens (tertiary/aromatic N) is 1. The van der Waals surface area contributed by atoms with Gasteiger partial charge in [0.25, 0.3) is 0 Å². The molecule has 0 spiro atoms. The van der Waals surface area contributed by atoms with Crippen LogP contribution >= 0.6 is 0 Å². The summed E-state index contributed by atoms with van der Waals surface area (Å²) in [5.41, 5.74) is 0.253. The highest BCUT2D eigenvalue weighted by Crippen LogP contribution is 2.39. The summed E-state index contributed by atoms with van der Waals surface area (Å²) in [5, 5.41) is 0. The van der Waals surface area contributed by atoms with Crippen LogP contribution in [0.5, 0.6) is 0 Å². The highest BCUT2D eigenvalue weighted by atomic mass is 16.5. The van der Waals surface area contributed by atoms with Gasteiger partial charge in [-0.1, -0.05) is 20.8 Å². The Morgan fingerprint density at radius 1 is 1.20 bits per heavy atom. The van der Waals surface area contributed by atoms with Crippen LogP contribution in [0.25, 0.3) is 0 Å². The predicted octanol–water partition coefficient (Wildman–Crippen LogP) is 3.00. The summed E-state index contributed by atoms with van der Waals surface area (Å²) in [7, 11) is 3.46. The highest BCUT2D eigenvalue weighted by Gasteiger charge is 2.33. The SMILES string of the molecule is CC1CC(OC(=O)CCCC(=O)N(C)C)CC(C)(C)C1. The van der Waals surface area contributed by atoms with Crippen LogP contribution in [-0.4, -0.2) is 37.0 Å². The van der Waals surface area contributed by atoms with Gasteiger partial charge in [-0.2, -0.15) is 0 Å². The van der Waals surface area contributed by atoms with Gasteiger partial charge in [0.1, 0.15) is 6.10 Å². The molecule has 0 bridgehead atoms. The van der Waals surface area contributed by atoms with E-state index in [9.17, 15) is 9.59 Å². The molecular formula is C16H29NO3. The van der Waals surface area contributed by atoms with Crippen LogP contribution in [-0.2, 0) is 14.3 Å². The van der Waals surface area contributed by atoms with Crippen molar-refractivity contribution in [2.45, 2.75) is 65.4 Å². The lowest BCUT2D eigenvalue weighted by Crippen LogP contribution is -2.34. The zero-order valence-corrected chi connectivity index (χ0v) is 13.6. The Kier molecular flexibility index (Phi) is 6.03. The van der Waals surface area contributed by atoms with Crippen molar-refractivity contribution < 1.29 is 14.3 Å². The van der Waals surface area contributed by atoms with Crippen LogP contribution in [0.2, 0.25) is 0 Å². The molecule has 0 aromatic heterocycles. The van der Waals surface area contributed by atoms with Gasteiger partial charge in [-0.05, 0) is 37.0 Å². The Bertz CT molecular complexity index is 350. The van der Waals surface area contributed by atoms with E-state index in [0.717, 1.165) is 12.8 Å². The Balaban J connectivity index is 2.30. The molecule has 1 amide bonds. The van der Waals surface area contributed by atoms with Gasteiger partial charge < -0.3 is 9.64 Å². The molecule has 1 aliphatic carbocycles. The second-order valence-corrected chi connectivity index (χ2v) is 7.17. The average Bonchev–Trinajstić information content (AvgIpc) is 2.25. The third-order valence-electron chi connectivity index (χ3n) is 3.92. The Hall–Kier alpha value is -1.06. The lowest BCUT2D eigenvalue weighted by Gasteiger charge is -2.38. The topological polar surface area (TPSA) is 46.6 Å². The third-order valence-corrected chi connectivity index (χ3v) is 3.92. The maximum atomic E-state index is 11.8. The molecule has 1 saturated carbocycles. The van der Waals surface area contributed by atoms with Crippen molar-refractivity contribution in [1.82, 2.24) is 4.90 Å². The lowest BCUT2D eigenvalue weighted by molar-refractivity contribution is -0.153. The molecule has 20 heavy (non-hydrogen) atoms. The molecule has 0 aromatic rings. The first-order valence-electron chi connectivity index (χ1n) is 7.59. The fourth-order valence-electron chi connectivity index (χ4n) is 3.20. The van der Waals surface area contributed by atoms with Gasteiger partial charge in [0.05, 0.1) is 0 Å². The van der Waals surface area contributed by atoms with E-state index < -0.39 is 0 Å². The molecule has 0 aliphatic heterocycles. The fraction of sp³-hybridized carbons (Fsp3) is 0.875. The molecule has 0 saturated heterocycles. The van der Waals surface area contributed by atoms with Crippen molar-refractivity contribution in [3.05, 3.63) is 0 Å². The summed E-state index contributed by atoms with van der Waals surface area (Å²) in [5.74, 6) is 0.503. The number of rotatable bonds is 5. The van der Waals surface area contributed by atoms with E-state index in [-0.39, 0.29) is 23.4 Å². The number of amides is 1. The number of carbonyl (C=O) groups excluding carboxylic acids is 2. The molecule has 2 unspecified atom stereocenters. The van der Waals surface area contributed by atoms with Crippen molar-refractivity contribution in [2.24, 2.45) is 11.3 Å². The molecule has 1 fully saturated rings. The molecular weight excluding hydrogens is 254 g/mol. The number of esters is 1. The number of ether oxygens (including phenoxy) is 1. The zero-order chi connectivity index (χ0) is 15.3. The molecule has 1 aliphatic rings. The van der Waals surface area contributed by atoms with Gasteiger partial charge in [0, 0.05) is 26.9 Å². The Morgan fingerprint density at radius 3 is 2.40 bits per heavy atom. The summed E-state index contributed by atoms with van der Waals surface area (Å²) in [6.07, 6.45) is 4.47. The zero-order valence-electron chi connectivity index (χ0n) is 13.6. The molecule has 2 atom stereocenters. The second-order valence-electron chi connectivity index (χ2n) is 7.17. The largest absolute Gasteiger partial charge is 0.462 e. The minimum absolute atomic E-state index is 0.0470. The second kappa shape index (κ2) is 7.09. The summed E-state index contributed by atoms with van der Waals surface area (Å²) in [6.45, 7) is 6.69. The molecule has 0 N–H and O–H groups in total. The minimum Gasteiger partial charge on any atom is -0.462 e. The highest BCUT2D eigenvalue weighted by molar-refractivity contribution is 5.76. The van der Waals surface area contributed by atoms with Crippen LogP contribution in [0.15, 0.2) is 0 Å². The number of hydrogen-bond donors (Lipinski definition) is 0. The van der Waals surface area contributed by atoms with Gasteiger partial charge in [0.2, 0.25) is 5.91 Å². The standard InChI is InChI=1S/C16H29NO3/c1-12-9-13(11-16(2,3)10-12)20-15(19)8-6-7-14(18)17(4)5/h12-13H,6-11H2,1-5H3. The van der Waals surface area contributed by atoms with Crippen LogP contribution in [0.3, 0.4) is 0 Å². The molecule has 116 valence electrons. The van der Waals surface area contributed by atoms with E-state index in [1.165, 1.54) is 6.42 Å². The first-order valence-corrected chi connectivity index (χ1v) is 7.59. The van der Waals surface area contributed by atoms with E-state index >= 15 is 0 Å². The van der Waals surface area contributed by atoms with Gasteiger partial charge in [-0.15, -0.1) is 0 Å². The monoisotopic (exact) mass is 283 g/mol. The van der Waals surface area contributed by atoms with E-state index in [1.54, 1.807) is 19.0 Å². The average molecular weight is 283 g/mol. The molecule has 0 radical (unpaired) electrons. The third kappa shape index (κ3) is 5.93. The first kappa shape index (κ1) is 17.0. The van der Waals surface area contributed by atoms with E-state index in [1.807, 2.05) is 0 Å². The van der Waals surface area contributed by atoms with Crippen LogP contribution in [0.1, 0.15) is 59.3 Å². The molecule has 0 aromatic carbocycles.